The number of thiophene rings is 1. The average molecular weight is 497 g/mol. The third-order valence-electron chi connectivity index (χ3n) is 5.69. The molecule has 0 aliphatic heterocycles. The van der Waals surface area contributed by atoms with E-state index in [4.69, 9.17) is 14.2 Å². The summed E-state index contributed by atoms with van der Waals surface area (Å²) in [5.74, 6) is 0.640. The van der Waals surface area contributed by atoms with Gasteiger partial charge < -0.3 is 19.5 Å². The minimum Gasteiger partial charge on any atom is -0.493 e. The molecule has 1 amide bonds. The van der Waals surface area contributed by atoms with Gasteiger partial charge in [-0.3, -0.25) is 4.79 Å². The molecule has 1 heterocycles. The van der Waals surface area contributed by atoms with Crippen LogP contribution in [0.1, 0.15) is 66.4 Å². The zero-order chi connectivity index (χ0) is 25.4. The van der Waals surface area contributed by atoms with E-state index in [0.29, 0.717) is 40.2 Å². The summed E-state index contributed by atoms with van der Waals surface area (Å²) >= 11 is 1.39. The number of carbonyl (C=O) groups is 2. The molecule has 0 spiro atoms. The van der Waals surface area contributed by atoms with Gasteiger partial charge in [-0.15, -0.1) is 11.3 Å². The lowest BCUT2D eigenvalue weighted by Gasteiger charge is -2.12. The molecule has 1 aromatic carbocycles. The lowest BCUT2D eigenvalue weighted by molar-refractivity contribution is -0.112. The van der Waals surface area contributed by atoms with Crippen LogP contribution in [0, 0.1) is 17.2 Å². The Morgan fingerprint density at radius 2 is 2.00 bits per heavy atom. The first-order valence-electron chi connectivity index (χ1n) is 11.9. The van der Waals surface area contributed by atoms with Gasteiger partial charge in [-0.05, 0) is 74.3 Å². The summed E-state index contributed by atoms with van der Waals surface area (Å²) in [6.07, 6.45) is 6.10. The number of benzene rings is 1. The summed E-state index contributed by atoms with van der Waals surface area (Å²) in [5, 5.41) is 12.9. The van der Waals surface area contributed by atoms with Crippen LogP contribution in [-0.4, -0.2) is 32.2 Å². The number of hydrogen-bond donors (Lipinski definition) is 1. The minimum atomic E-state index is -0.576. The highest BCUT2D eigenvalue weighted by atomic mass is 32.1. The van der Waals surface area contributed by atoms with Crippen LogP contribution in [0.3, 0.4) is 0 Å². The fraction of sp³-hybridized carbons (Fsp3) is 0.444. The third-order valence-corrected chi connectivity index (χ3v) is 6.90. The third kappa shape index (κ3) is 6.64. The Hall–Kier alpha value is -3.31. The molecule has 0 bridgehead atoms. The molecule has 3 rings (SSSR count). The van der Waals surface area contributed by atoms with Crippen molar-refractivity contribution in [1.82, 2.24) is 0 Å². The first kappa shape index (κ1) is 26.3. The van der Waals surface area contributed by atoms with E-state index in [1.54, 1.807) is 32.2 Å². The summed E-state index contributed by atoms with van der Waals surface area (Å²) in [6, 6.07) is 7.23. The topological polar surface area (TPSA) is 97.7 Å². The van der Waals surface area contributed by atoms with E-state index in [1.165, 1.54) is 17.4 Å². The maximum Gasteiger partial charge on any atom is 0.341 e. The molecule has 1 N–H and O–H groups in total. The molecule has 35 heavy (non-hydrogen) atoms. The molecule has 2 aromatic rings. The van der Waals surface area contributed by atoms with Crippen molar-refractivity contribution in [1.29, 1.82) is 5.26 Å². The first-order chi connectivity index (χ1) is 16.9. The second-order valence-electron chi connectivity index (χ2n) is 8.70. The van der Waals surface area contributed by atoms with Crippen molar-refractivity contribution in [2.45, 2.75) is 52.9 Å². The number of carbonyl (C=O) groups excluding carboxylic acids is 2. The first-order valence-corrected chi connectivity index (χ1v) is 12.7. The summed E-state index contributed by atoms with van der Waals surface area (Å²) in [7, 11) is 1.55. The lowest BCUT2D eigenvalue weighted by atomic mass is 9.95. The lowest BCUT2D eigenvalue weighted by Crippen LogP contribution is -2.16. The van der Waals surface area contributed by atoms with Gasteiger partial charge in [-0.2, -0.15) is 5.26 Å². The number of nitrogens with one attached hydrogen (secondary N) is 1. The molecule has 8 heteroatoms. The molecule has 186 valence electrons. The highest BCUT2D eigenvalue weighted by Crippen LogP contribution is 2.39. The quantitative estimate of drug-likeness (QED) is 0.254. The predicted octanol–water partition coefficient (Wildman–Crippen LogP) is 5.78. The van der Waals surface area contributed by atoms with Crippen molar-refractivity contribution in [3.8, 4) is 17.6 Å². The molecular weight excluding hydrogens is 464 g/mol. The van der Waals surface area contributed by atoms with Crippen molar-refractivity contribution < 1.29 is 23.8 Å². The van der Waals surface area contributed by atoms with E-state index in [9.17, 15) is 14.9 Å². The number of methoxy groups -OCH3 is 1. The highest BCUT2D eigenvalue weighted by Gasteiger charge is 2.27. The van der Waals surface area contributed by atoms with Crippen LogP contribution >= 0.6 is 11.3 Å². The normalized spacial score (nSPS) is 13.1. The SMILES string of the molecule is CCOC(=O)c1c(NC(=O)C(C#N)=Cc2ccc(OCCC(C)C)c(OC)c2)sc2c1CCCC2. The maximum atomic E-state index is 13.0. The Labute approximate surface area is 210 Å². The highest BCUT2D eigenvalue weighted by molar-refractivity contribution is 7.17. The standard InChI is InChI=1S/C27H32N2O5S/c1-5-33-27(31)24-20-8-6-7-9-23(20)35-26(24)29-25(30)19(16-28)14-18-10-11-21(22(15-18)32-4)34-13-12-17(2)3/h10-11,14-15,17H,5-9,12-13H2,1-4H3,(H,29,30). The molecule has 1 aliphatic carbocycles. The second kappa shape index (κ2) is 12.4. The molecule has 0 saturated carbocycles. The van der Waals surface area contributed by atoms with Gasteiger partial charge in [0.1, 0.15) is 16.6 Å². The molecule has 1 aliphatic rings. The Balaban J connectivity index is 1.83. The maximum absolute atomic E-state index is 13.0. The number of esters is 1. The summed E-state index contributed by atoms with van der Waals surface area (Å²) < 4.78 is 16.5. The van der Waals surface area contributed by atoms with Crippen LogP contribution < -0.4 is 14.8 Å². The second-order valence-corrected chi connectivity index (χ2v) is 9.81. The van der Waals surface area contributed by atoms with Crippen molar-refractivity contribution in [2.24, 2.45) is 5.92 Å². The summed E-state index contributed by atoms with van der Waals surface area (Å²) in [6.45, 7) is 6.83. The van der Waals surface area contributed by atoms with Gasteiger partial charge in [0, 0.05) is 4.88 Å². The van der Waals surface area contributed by atoms with Gasteiger partial charge in [0.25, 0.3) is 5.91 Å². The molecular formula is C27H32N2O5S. The average Bonchev–Trinajstić information content (AvgIpc) is 3.20. The van der Waals surface area contributed by atoms with Crippen LogP contribution in [0.2, 0.25) is 0 Å². The number of ether oxygens (including phenoxy) is 3. The molecule has 7 nitrogen and oxygen atoms in total. The van der Waals surface area contributed by atoms with Crippen LogP contribution in [0.15, 0.2) is 23.8 Å². The fourth-order valence-electron chi connectivity index (χ4n) is 3.86. The van der Waals surface area contributed by atoms with E-state index in [0.717, 1.165) is 42.5 Å². The van der Waals surface area contributed by atoms with Crippen molar-refractivity contribution >= 4 is 34.3 Å². The predicted molar refractivity (Wildman–Crippen MR) is 137 cm³/mol. The molecule has 0 radical (unpaired) electrons. The van der Waals surface area contributed by atoms with Crippen LogP contribution in [0.25, 0.3) is 6.08 Å². The number of anilines is 1. The van der Waals surface area contributed by atoms with E-state index < -0.39 is 11.9 Å². The molecule has 0 saturated heterocycles. The van der Waals surface area contributed by atoms with Gasteiger partial charge in [0.2, 0.25) is 0 Å². The number of nitriles is 1. The Morgan fingerprint density at radius 3 is 2.69 bits per heavy atom. The molecule has 0 atom stereocenters. The zero-order valence-corrected chi connectivity index (χ0v) is 21.5. The number of rotatable bonds is 10. The van der Waals surface area contributed by atoms with Crippen LogP contribution in [0.5, 0.6) is 11.5 Å². The van der Waals surface area contributed by atoms with Crippen molar-refractivity contribution in [3.05, 3.63) is 45.3 Å². The number of aryl methyl sites for hydroxylation is 1. The van der Waals surface area contributed by atoms with Gasteiger partial charge >= 0.3 is 5.97 Å². The zero-order valence-electron chi connectivity index (χ0n) is 20.7. The summed E-state index contributed by atoms with van der Waals surface area (Å²) in [5.41, 5.74) is 1.92. The Bertz CT molecular complexity index is 1140. The number of hydrogen-bond acceptors (Lipinski definition) is 7. The smallest absolute Gasteiger partial charge is 0.341 e. The van der Waals surface area contributed by atoms with Gasteiger partial charge in [0.15, 0.2) is 11.5 Å². The Morgan fingerprint density at radius 1 is 1.23 bits per heavy atom. The number of amides is 1. The van der Waals surface area contributed by atoms with Gasteiger partial charge in [-0.1, -0.05) is 19.9 Å². The largest absolute Gasteiger partial charge is 0.493 e. The number of nitrogens with zero attached hydrogens (tertiary/aromatic N) is 1. The van der Waals surface area contributed by atoms with E-state index in [-0.39, 0.29) is 12.2 Å². The summed E-state index contributed by atoms with van der Waals surface area (Å²) in [4.78, 5) is 26.8. The molecule has 1 aromatic heterocycles. The fourth-order valence-corrected chi connectivity index (χ4v) is 5.13. The minimum absolute atomic E-state index is 0.0817. The molecule has 0 unspecified atom stereocenters. The van der Waals surface area contributed by atoms with Crippen molar-refractivity contribution in [2.75, 3.05) is 25.6 Å². The van der Waals surface area contributed by atoms with E-state index in [2.05, 4.69) is 19.2 Å². The van der Waals surface area contributed by atoms with E-state index >= 15 is 0 Å². The van der Waals surface area contributed by atoms with Crippen molar-refractivity contribution in [3.63, 3.8) is 0 Å². The van der Waals surface area contributed by atoms with E-state index in [1.807, 2.05) is 6.07 Å². The van der Waals surface area contributed by atoms with Crippen LogP contribution in [0.4, 0.5) is 5.00 Å². The van der Waals surface area contributed by atoms with Gasteiger partial charge in [0.05, 0.1) is 25.9 Å². The molecule has 0 fully saturated rings. The number of fused-ring (bicyclic) bond motifs is 1. The Kier molecular flexibility index (Phi) is 9.32. The van der Waals surface area contributed by atoms with Crippen LogP contribution in [-0.2, 0) is 22.4 Å². The van der Waals surface area contributed by atoms with Gasteiger partial charge in [-0.25, -0.2) is 4.79 Å². The monoisotopic (exact) mass is 496 g/mol.